The zero-order valence-electron chi connectivity index (χ0n) is 6.07. The van der Waals surface area contributed by atoms with Crippen LogP contribution in [0.3, 0.4) is 0 Å². The molecule has 0 aliphatic rings. The van der Waals surface area contributed by atoms with Gasteiger partial charge in [-0.25, -0.2) is 0 Å². The predicted molar refractivity (Wildman–Crippen MR) is 59.4 cm³/mol. The summed E-state index contributed by atoms with van der Waals surface area (Å²) in [5, 5.41) is 6.65. The van der Waals surface area contributed by atoms with Crippen LogP contribution in [0.4, 0.5) is 0 Å². The second kappa shape index (κ2) is 9.57. The van der Waals surface area contributed by atoms with E-state index in [0.717, 1.165) is 0 Å². The van der Waals surface area contributed by atoms with Gasteiger partial charge in [-0.1, -0.05) is 24.4 Å². The van der Waals surface area contributed by atoms with Gasteiger partial charge in [0.1, 0.15) is 4.32 Å². The van der Waals surface area contributed by atoms with Gasteiger partial charge in [0.25, 0.3) is 0 Å². The molecule has 0 aliphatic carbocycles. The van der Waals surface area contributed by atoms with Gasteiger partial charge in [0.15, 0.2) is 0 Å². The summed E-state index contributed by atoms with van der Waals surface area (Å²) in [7, 11) is 0. The van der Waals surface area contributed by atoms with Crippen LogP contribution in [-0.2, 0) is 0 Å². The summed E-state index contributed by atoms with van der Waals surface area (Å²) < 4.78 is 0.840. The van der Waals surface area contributed by atoms with Crippen LogP contribution in [0.15, 0.2) is 0 Å². The first-order chi connectivity index (χ1) is 4.63. The van der Waals surface area contributed by atoms with Crippen LogP contribution in [0, 0.1) is 0 Å². The van der Waals surface area contributed by atoms with Crippen molar-refractivity contribution in [2.75, 3.05) is 13.1 Å². The van der Waals surface area contributed by atoms with Crippen LogP contribution in [0.2, 0.25) is 0 Å². The number of hydrogen-bond acceptors (Lipinski definition) is 2. The molecule has 1 N–H and O–H groups in total. The Hall–Kier alpha value is 1.48. The maximum atomic E-state index is 4.63. The number of nitrogens with zero attached hydrogens (tertiary/aromatic N) is 1. The Morgan fingerprint density at radius 3 is 2.27 bits per heavy atom. The van der Waals surface area contributed by atoms with E-state index in [0.29, 0.717) is 21.7 Å². The minimum atomic E-state index is 0. The van der Waals surface area contributed by atoms with Crippen molar-refractivity contribution >= 4 is 58.3 Å². The van der Waals surface area contributed by atoms with E-state index in [-0.39, 0.29) is 29.6 Å². The summed E-state index contributed by atoms with van der Waals surface area (Å²) in [6.07, 6.45) is 0. The molecule has 0 rings (SSSR count). The van der Waals surface area contributed by atoms with E-state index in [9.17, 15) is 0 Å². The first-order valence-electron chi connectivity index (χ1n) is 2.50. The third-order valence-electron chi connectivity index (χ3n) is 0.635. The molecule has 0 saturated heterocycles. The normalized spacial score (nSPS) is 7.82. The number of thiocarbonyl (C=S) groups is 2. The van der Waals surface area contributed by atoms with Gasteiger partial charge in [0.2, 0.25) is 0 Å². The van der Waals surface area contributed by atoms with Gasteiger partial charge in [0, 0.05) is 0 Å². The first kappa shape index (κ1) is 15.0. The molecule has 0 aromatic carbocycles. The van der Waals surface area contributed by atoms with Gasteiger partial charge < -0.3 is 10.6 Å². The van der Waals surface area contributed by atoms with E-state index in [4.69, 9.17) is 0 Å². The van der Waals surface area contributed by atoms with Gasteiger partial charge in [-0.2, -0.15) is 12.6 Å². The van der Waals surface area contributed by atoms with Crippen molar-refractivity contribution in [1.29, 1.82) is 0 Å². The van der Waals surface area contributed by atoms with Crippen LogP contribution < -0.4 is 34.9 Å². The van der Waals surface area contributed by atoms with Crippen molar-refractivity contribution in [3.63, 3.8) is 0 Å². The minimum absolute atomic E-state index is 0. The smallest absolute Gasteiger partial charge is 0.668 e. The molecule has 2 nitrogen and oxygen atoms in total. The summed E-state index contributed by atoms with van der Waals surface area (Å²) in [5.74, 6) is 0. The van der Waals surface area contributed by atoms with Crippen LogP contribution in [-0.4, -0.2) is 21.7 Å². The maximum Gasteiger partial charge on any atom is 1.00 e. The standard InChI is InChI=1S/C4H8N2S4.Na/c7-3(8)5-1-2-6-4(9)10;/h1-2H2,(H4,5,6,7,8,9,10);/q;+1/p-1. The largest absolute Gasteiger partial charge is 1.00 e. The monoisotopic (exact) mass is 234 g/mol. The van der Waals surface area contributed by atoms with Crippen molar-refractivity contribution < 1.29 is 29.6 Å². The van der Waals surface area contributed by atoms with E-state index in [1.165, 1.54) is 0 Å². The summed E-state index contributed by atoms with van der Waals surface area (Å²) in [4.78, 5) is 0. The van der Waals surface area contributed by atoms with Gasteiger partial charge >= 0.3 is 29.6 Å². The molecular formula is C4H7N2NaS4. The number of hydrogen-bond donors (Lipinski definition) is 3. The molecule has 0 atom stereocenters. The minimum Gasteiger partial charge on any atom is -0.668 e. The molecule has 0 bridgehead atoms. The van der Waals surface area contributed by atoms with Crippen molar-refractivity contribution in [1.82, 2.24) is 5.32 Å². The second-order valence-corrected chi connectivity index (χ2v) is 3.67. The van der Waals surface area contributed by atoms with E-state index < -0.39 is 0 Å². The average molecular weight is 234 g/mol. The molecule has 0 fully saturated rings. The third-order valence-corrected chi connectivity index (χ3v) is 1.21. The Labute approximate surface area is 110 Å². The maximum absolute atomic E-state index is 4.63. The molecule has 0 amide bonds. The van der Waals surface area contributed by atoms with Gasteiger partial charge in [-0.05, 0) is 10.9 Å². The summed E-state index contributed by atoms with van der Waals surface area (Å²) in [6.45, 7) is 1.24. The third kappa shape index (κ3) is 14.3. The summed E-state index contributed by atoms with van der Waals surface area (Å²) in [5.41, 5.74) is 0. The van der Waals surface area contributed by atoms with E-state index in [2.05, 4.69) is 60.3 Å². The molecule has 58 valence electrons. The van der Waals surface area contributed by atoms with Crippen LogP contribution in [0.5, 0.6) is 0 Å². The fraction of sp³-hybridized carbons (Fsp3) is 0.500. The molecule has 7 heteroatoms. The van der Waals surface area contributed by atoms with E-state index in [1.807, 2.05) is 0 Å². The van der Waals surface area contributed by atoms with Crippen LogP contribution >= 0.6 is 49.7 Å². The number of rotatable bonds is 3. The average Bonchev–Trinajstić information content (AvgIpc) is 1.79. The fourth-order valence-electron chi connectivity index (χ4n) is 0.314. The van der Waals surface area contributed by atoms with Crippen LogP contribution in [0.1, 0.15) is 0 Å². The SMILES string of the molecule is S=C(S)[N-]CCNC(=S)S.[Na+]. The Kier molecular flexibility index (Phi) is 13.0. The van der Waals surface area contributed by atoms with Crippen molar-refractivity contribution in [2.45, 2.75) is 0 Å². The topological polar surface area (TPSA) is 26.1 Å². The van der Waals surface area contributed by atoms with E-state index in [1.54, 1.807) is 0 Å². The molecule has 0 saturated carbocycles. The number of nitrogens with one attached hydrogen (secondary N) is 1. The molecule has 0 radical (unpaired) electrons. The Balaban J connectivity index is 0. The Morgan fingerprint density at radius 1 is 1.36 bits per heavy atom. The van der Waals surface area contributed by atoms with Crippen molar-refractivity contribution in [3.8, 4) is 0 Å². The molecule has 0 aromatic rings. The van der Waals surface area contributed by atoms with Gasteiger partial charge in [-0.15, -0.1) is 19.2 Å². The molecule has 11 heavy (non-hydrogen) atoms. The molecular weight excluding hydrogens is 227 g/mol. The predicted octanol–water partition coefficient (Wildman–Crippen LogP) is -1.62. The molecule has 0 spiro atoms. The van der Waals surface area contributed by atoms with Crippen molar-refractivity contribution in [3.05, 3.63) is 5.32 Å². The molecule has 0 unspecified atom stereocenters. The second-order valence-electron chi connectivity index (χ2n) is 1.40. The molecule has 0 aliphatic heterocycles. The Bertz CT molecular complexity index is 124. The van der Waals surface area contributed by atoms with Gasteiger partial charge in [0.05, 0.1) is 0 Å². The van der Waals surface area contributed by atoms with E-state index >= 15 is 0 Å². The number of thiol groups is 2. The fourth-order valence-corrected chi connectivity index (χ4v) is 0.720. The quantitative estimate of drug-likeness (QED) is 0.237. The molecule has 0 heterocycles. The zero-order chi connectivity index (χ0) is 7.98. The van der Waals surface area contributed by atoms with Gasteiger partial charge in [-0.3, -0.25) is 0 Å². The van der Waals surface area contributed by atoms with Crippen LogP contribution in [0.25, 0.3) is 5.32 Å². The van der Waals surface area contributed by atoms with Crippen molar-refractivity contribution in [2.24, 2.45) is 0 Å². The first-order valence-corrected chi connectivity index (χ1v) is 4.21. The summed E-state index contributed by atoms with van der Waals surface area (Å²) >= 11 is 16.9. The zero-order valence-corrected chi connectivity index (χ0v) is 11.5. The Morgan fingerprint density at radius 2 is 1.91 bits per heavy atom. The molecule has 0 aromatic heterocycles. The summed E-state index contributed by atoms with van der Waals surface area (Å²) in [6, 6.07) is 0.